The quantitative estimate of drug-likeness (QED) is 0.798. The average molecular weight is 285 g/mol. The molecule has 2 aliphatic heterocycles. The minimum Gasteiger partial charge on any atom is -0.368 e. The molecule has 0 aliphatic carbocycles. The highest BCUT2D eigenvalue weighted by Crippen LogP contribution is 2.29. The minimum atomic E-state index is -0.153. The van der Waals surface area contributed by atoms with E-state index in [2.05, 4.69) is 25.7 Å². The van der Waals surface area contributed by atoms with Crippen LogP contribution in [0.4, 0.5) is 0 Å². The van der Waals surface area contributed by atoms with Crippen LogP contribution in [0.2, 0.25) is 0 Å². The van der Waals surface area contributed by atoms with Crippen molar-refractivity contribution in [1.82, 2.24) is 4.90 Å². The predicted molar refractivity (Wildman–Crippen MR) is 80.5 cm³/mol. The summed E-state index contributed by atoms with van der Waals surface area (Å²) < 4.78 is 5.84. The van der Waals surface area contributed by atoms with Crippen LogP contribution in [0.3, 0.4) is 0 Å². The Kier molecular flexibility index (Phi) is 5.18. The molecule has 2 rings (SSSR count). The van der Waals surface area contributed by atoms with Crippen molar-refractivity contribution in [3.8, 4) is 0 Å². The highest BCUT2D eigenvalue weighted by atomic mass is 32.2. The van der Waals surface area contributed by atoms with Crippen molar-refractivity contribution in [2.24, 2.45) is 0 Å². The Balaban J connectivity index is 1.93. The molecule has 0 aromatic rings. The van der Waals surface area contributed by atoms with Gasteiger partial charge in [-0.3, -0.25) is 4.79 Å². The van der Waals surface area contributed by atoms with Crippen molar-refractivity contribution in [2.45, 2.75) is 69.8 Å². The number of carbonyl (C=O) groups excluding carboxylic acids is 1. The van der Waals surface area contributed by atoms with E-state index in [1.165, 1.54) is 6.42 Å². The van der Waals surface area contributed by atoms with E-state index < -0.39 is 0 Å². The maximum atomic E-state index is 12.5. The van der Waals surface area contributed by atoms with E-state index in [0.29, 0.717) is 6.04 Å². The molecule has 0 radical (unpaired) electrons. The highest BCUT2D eigenvalue weighted by Gasteiger charge is 2.34. The normalized spacial score (nSPS) is 28.7. The molecule has 1 amide bonds. The smallest absolute Gasteiger partial charge is 0.251 e. The molecule has 0 N–H and O–H groups in total. The first-order valence-corrected chi connectivity index (χ1v) is 8.52. The second-order valence-corrected chi connectivity index (χ2v) is 8.45. The van der Waals surface area contributed by atoms with Gasteiger partial charge < -0.3 is 9.64 Å². The second kappa shape index (κ2) is 6.49. The Hall–Kier alpha value is -0.220. The average Bonchev–Trinajstić information content (AvgIpc) is 2.89. The number of likely N-dealkylation sites (tertiary alicyclic amines) is 1. The molecule has 0 saturated carbocycles. The Morgan fingerprint density at radius 1 is 1.26 bits per heavy atom. The van der Waals surface area contributed by atoms with E-state index in [1.54, 1.807) is 0 Å². The topological polar surface area (TPSA) is 29.5 Å². The van der Waals surface area contributed by atoms with Crippen molar-refractivity contribution < 1.29 is 9.53 Å². The zero-order chi connectivity index (χ0) is 13.9. The number of amides is 1. The number of carbonyl (C=O) groups is 1. The number of piperidine rings is 1. The van der Waals surface area contributed by atoms with Gasteiger partial charge in [0.2, 0.25) is 0 Å². The molecule has 110 valence electrons. The summed E-state index contributed by atoms with van der Waals surface area (Å²) in [7, 11) is 0. The Bertz CT molecular complexity index is 308. The number of ether oxygens (including phenoxy) is 1. The van der Waals surface area contributed by atoms with Crippen LogP contribution < -0.4 is 0 Å². The third-order valence-corrected chi connectivity index (χ3v) is 5.24. The lowest BCUT2D eigenvalue weighted by Crippen LogP contribution is -2.49. The zero-order valence-electron chi connectivity index (χ0n) is 12.5. The third kappa shape index (κ3) is 4.38. The van der Waals surface area contributed by atoms with Crippen LogP contribution in [0.5, 0.6) is 0 Å². The molecule has 0 bridgehead atoms. The predicted octanol–water partition coefficient (Wildman–Crippen LogP) is 3.08. The van der Waals surface area contributed by atoms with Crippen LogP contribution in [-0.4, -0.2) is 46.6 Å². The van der Waals surface area contributed by atoms with E-state index >= 15 is 0 Å². The molecule has 0 spiro atoms. The first-order valence-electron chi connectivity index (χ1n) is 7.53. The van der Waals surface area contributed by atoms with Gasteiger partial charge in [0.25, 0.3) is 5.91 Å². The molecule has 0 aromatic heterocycles. The molecule has 2 fully saturated rings. The van der Waals surface area contributed by atoms with Gasteiger partial charge in [-0.25, -0.2) is 0 Å². The lowest BCUT2D eigenvalue weighted by Gasteiger charge is -2.38. The van der Waals surface area contributed by atoms with Crippen LogP contribution in [0, 0.1) is 0 Å². The van der Waals surface area contributed by atoms with Gasteiger partial charge in [-0.2, -0.15) is 11.8 Å². The van der Waals surface area contributed by atoms with Gasteiger partial charge in [-0.05, 0) is 32.1 Å². The maximum Gasteiger partial charge on any atom is 0.251 e. The summed E-state index contributed by atoms with van der Waals surface area (Å²) in [6.45, 7) is 8.41. The lowest BCUT2D eigenvalue weighted by molar-refractivity contribution is -0.144. The number of hydrogen-bond donors (Lipinski definition) is 0. The summed E-state index contributed by atoms with van der Waals surface area (Å²) in [6, 6.07) is 0.412. The molecule has 4 heteroatoms. The summed E-state index contributed by atoms with van der Waals surface area (Å²) in [5, 5.41) is 0. The fourth-order valence-corrected chi connectivity index (χ4v) is 3.81. The molecule has 3 nitrogen and oxygen atoms in total. The standard InChI is InChI=1S/C15H27NO2S/c1-15(2,3)19-11-12-7-4-5-9-16(12)14(17)13-8-6-10-18-13/h12-13H,4-11H2,1-3H3. The van der Waals surface area contributed by atoms with Crippen molar-refractivity contribution in [1.29, 1.82) is 0 Å². The van der Waals surface area contributed by atoms with E-state index in [4.69, 9.17) is 4.74 Å². The van der Waals surface area contributed by atoms with Gasteiger partial charge >= 0.3 is 0 Å². The van der Waals surface area contributed by atoms with Crippen LogP contribution in [0.25, 0.3) is 0 Å². The first-order chi connectivity index (χ1) is 8.97. The summed E-state index contributed by atoms with van der Waals surface area (Å²) in [5.41, 5.74) is 0. The van der Waals surface area contributed by atoms with Crippen LogP contribution >= 0.6 is 11.8 Å². The lowest BCUT2D eigenvalue weighted by atomic mass is 10.0. The van der Waals surface area contributed by atoms with E-state index in [-0.39, 0.29) is 16.8 Å². The monoisotopic (exact) mass is 285 g/mol. The molecular weight excluding hydrogens is 258 g/mol. The summed E-state index contributed by atoms with van der Waals surface area (Å²) in [6.07, 6.45) is 5.35. The van der Waals surface area contributed by atoms with Crippen LogP contribution in [0.1, 0.15) is 52.9 Å². The largest absolute Gasteiger partial charge is 0.368 e. The van der Waals surface area contributed by atoms with Gasteiger partial charge in [0.05, 0.1) is 0 Å². The van der Waals surface area contributed by atoms with Gasteiger partial charge in [-0.1, -0.05) is 20.8 Å². The van der Waals surface area contributed by atoms with Crippen molar-refractivity contribution >= 4 is 17.7 Å². The zero-order valence-corrected chi connectivity index (χ0v) is 13.3. The van der Waals surface area contributed by atoms with Crippen LogP contribution in [-0.2, 0) is 9.53 Å². The van der Waals surface area contributed by atoms with Crippen LogP contribution in [0.15, 0.2) is 0 Å². The van der Waals surface area contributed by atoms with Gasteiger partial charge in [0.15, 0.2) is 0 Å². The molecule has 2 aliphatic rings. The molecule has 2 atom stereocenters. The molecule has 0 aromatic carbocycles. The number of rotatable bonds is 3. The van der Waals surface area contributed by atoms with Crippen molar-refractivity contribution in [2.75, 3.05) is 18.9 Å². The first kappa shape index (κ1) is 15.2. The van der Waals surface area contributed by atoms with Gasteiger partial charge in [0.1, 0.15) is 6.10 Å². The van der Waals surface area contributed by atoms with Crippen molar-refractivity contribution in [3.05, 3.63) is 0 Å². The summed E-state index contributed by atoms with van der Waals surface area (Å²) in [4.78, 5) is 14.6. The van der Waals surface area contributed by atoms with Crippen molar-refractivity contribution in [3.63, 3.8) is 0 Å². The number of hydrogen-bond acceptors (Lipinski definition) is 3. The Labute approximate surface area is 121 Å². The third-order valence-electron chi connectivity index (χ3n) is 3.82. The van der Waals surface area contributed by atoms with E-state index in [1.807, 2.05) is 11.8 Å². The Morgan fingerprint density at radius 3 is 2.68 bits per heavy atom. The molecule has 2 unspecified atom stereocenters. The van der Waals surface area contributed by atoms with Gasteiger partial charge in [0, 0.05) is 29.7 Å². The fraction of sp³-hybridized carbons (Fsp3) is 0.933. The molecule has 2 heterocycles. The fourth-order valence-electron chi connectivity index (χ4n) is 2.77. The second-order valence-electron chi connectivity index (χ2n) is 6.61. The minimum absolute atomic E-state index is 0.153. The summed E-state index contributed by atoms with van der Waals surface area (Å²) in [5.74, 6) is 1.30. The van der Waals surface area contributed by atoms with E-state index in [9.17, 15) is 4.79 Å². The summed E-state index contributed by atoms with van der Waals surface area (Å²) >= 11 is 1.97. The Morgan fingerprint density at radius 2 is 2.05 bits per heavy atom. The molecule has 2 saturated heterocycles. The highest BCUT2D eigenvalue weighted by molar-refractivity contribution is 8.00. The SMILES string of the molecule is CC(C)(C)SCC1CCCCN1C(=O)C1CCCO1. The molecule has 19 heavy (non-hydrogen) atoms. The van der Waals surface area contributed by atoms with E-state index in [0.717, 1.165) is 44.6 Å². The van der Waals surface area contributed by atoms with Gasteiger partial charge in [-0.15, -0.1) is 0 Å². The maximum absolute atomic E-state index is 12.5. The number of nitrogens with zero attached hydrogens (tertiary/aromatic N) is 1. The number of thioether (sulfide) groups is 1. The molecular formula is C15H27NO2S.